The van der Waals surface area contributed by atoms with Crippen molar-refractivity contribution in [1.29, 1.82) is 0 Å². The number of hydrogen-bond acceptors (Lipinski definition) is 5. The van der Waals surface area contributed by atoms with Gasteiger partial charge in [0.05, 0.1) is 17.3 Å². The van der Waals surface area contributed by atoms with Gasteiger partial charge in [-0.05, 0) is 25.7 Å². The zero-order valence-corrected chi connectivity index (χ0v) is 12.2. The quantitative estimate of drug-likeness (QED) is 0.909. The minimum atomic E-state index is -3.43. The van der Waals surface area contributed by atoms with Crippen LogP contribution < -0.4 is 0 Å². The number of aliphatic hydroxyl groups excluding tert-OH is 1. The van der Waals surface area contributed by atoms with Gasteiger partial charge < -0.3 is 5.11 Å². The SMILES string of the molecule is CCC1CN(S(=O)(=O)c2cnc(C)s2)CCC1O. The number of thiazole rings is 1. The Kier molecular flexibility index (Phi) is 4.05. The van der Waals surface area contributed by atoms with E-state index in [4.69, 9.17) is 0 Å². The van der Waals surface area contributed by atoms with Crippen molar-refractivity contribution in [3.8, 4) is 0 Å². The van der Waals surface area contributed by atoms with Gasteiger partial charge in [-0.2, -0.15) is 4.31 Å². The van der Waals surface area contributed by atoms with E-state index in [2.05, 4.69) is 4.98 Å². The second kappa shape index (κ2) is 5.24. The summed E-state index contributed by atoms with van der Waals surface area (Å²) in [6.45, 7) is 4.55. The highest BCUT2D eigenvalue weighted by atomic mass is 32.2. The minimum absolute atomic E-state index is 0.0301. The zero-order valence-electron chi connectivity index (χ0n) is 10.5. The molecule has 0 aromatic carbocycles. The molecule has 1 saturated heterocycles. The molecule has 1 N–H and O–H groups in total. The molecule has 0 aliphatic carbocycles. The van der Waals surface area contributed by atoms with E-state index in [0.29, 0.717) is 23.7 Å². The average Bonchev–Trinajstić information content (AvgIpc) is 2.77. The lowest BCUT2D eigenvalue weighted by atomic mass is 9.94. The van der Waals surface area contributed by atoms with Gasteiger partial charge in [-0.25, -0.2) is 13.4 Å². The lowest BCUT2D eigenvalue weighted by molar-refractivity contribution is 0.0521. The van der Waals surface area contributed by atoms with Crippen LogP contribution in [0.2, 0.25) is 0 Å². The molecule has 1 aliphatic rings. The maximum absolute atomic E-state index is 12.4. The number of piperidine rings is 1. The van der Waals surface area contributed by atoms with Crippen molar-refractivity contribution < 1.29 is 13.5 Å². The van der Waals surface area contributed by atoms with Gasteiger partial charge in [-0.1, -0.05) is 6.92 Å². The summed E-state index contributed by atoms with van der Waals surface area (Å²) >= 11 is 1.19. The summed E-state index contributed by atoms with van der Waals surface area (Å²) in [5.74, 6) is 0.0301. The number of nitrogens with zero attached hydrogens (tertiary/aromatic N) is 2. The van der Waals surface area contributed by atoms with Crippen molar-refractivity contribution in [1.82, 2.24) is 9.29 Å². The summed E-state index contributed by atoms with van der Waals surface area (Å²) in [4.78, 5) is 4.00. The molecule has 0 amide bonds. The van der Waals surface area contributed by atoms with Crippen LogP contribution in [-0.2, 0) is 10.0 Å². The van der Waals surface area contributed by atoms with E-state index in [1.807, 2.05) is 6.92 Å². The van der Waals surface area contributed by atoms with Gasteiger partial charge in [0.2, 0.25) is 0 Å². The van der Waals surface area contributed by atoms with Crippen molar-refractivity contribution in [2.45, 2.75) is 37.0 Å². The van der Waals surface area contributed by atoms with Gasteiger partial charge >= 0.3 is 0 Å². The molecular weight excluding hydrogens is 272 g/mol. The first-order valence-corrected chi connectivity index (χ1v) is 8.31. The molecule has 0 radical (unpaired) electrons. The summed E-state index contributed by atoms with van der Waals surface area (Å²) in [5, 5.41) is 10.5. The normalized spacial score (nSPS) is 26.4. The molecule has 2 rings (SSSR count). The highest BCUT2D eigenvalue weighted by Crippen LogP contribution is 2.28. The Hall–Kier alpha value is -0.500. The third-order valence-corrected chi connectivity index (χ3v) is 6.59. The molecule has 1 fully saturated rings. The van der Waals surface area contributed by atoms with Crippen LogP contribution in [0.5, 0.6) is 0 Å². The highest BCUT2D eigenvalue weighted by molar-refractivity contribution is 7.91. The molecule has 0 bridgehead atoms. The topological polar surface area (TPSA) is 70.5 Å². The molecular formula is C11H18N2O3S2. The molecule has 7 heteroatoms. The zero-order chi connectivity index (χ0) is 13.3. The molecule has 0 spiro atoms. The van der Waals surface area contributed by atoms with E-state index in [1.54, 1.807) is 6.92 Å². The van der Waals surface area contributed by atoms with Crippen LogP contribution in [0, 0.1) is 12.8 Å². The molecule has 2 unspecified atom stereocenters. The van der Waals surface area contributed by atoms with E-state index in [1.165, 1.54) is 21.8 Å². The molecule has 1 aromatic rings. The Morgan fingerprint density at radius 1 is 1.61 bits per heavy atom. The summed E-state index contributed by atoms with van der Waals surface area (Å²) in [5.41, 5.74) is 0. The Balaban J connectivity index is 2.21. The minimum Gasteiger partial charge on any atom is -0.393 e. The Labute approximate surface area is 112 Å². The van der Waals surface area contributed by atoms with Crippen molar-refractivity contribution in [3.05, 3.63) is 11.2 Å². The summed E-state index contributed by atoms with van der Waals surface area (Å²) in [6, 6.07) is 0. The summed E-state index contributed by atoms with van der Waals surface area (Å²) in [7, 11) is -3.43. The molecule has 2 heterocycles. The van der Waals surface area contributed by atoms with Gasteiger partial charge in [-0.15, -0.1) is 11.3 Å². The van der Waals surface area contributed by atoms with E-state index in [0.717, 1.165) is 11.4 Å². The van der Waals surface area contributed by atoms with Crippen LogP contribution in [0.1, 0.15) is 24.8 Å². The molecule has 102 valence electrons. The molecule has 5 nitrogen and oxygen atoms in total. The van der Waals surface area contributed by atoms with Gasteiger partial charge in [0.25, 0.3) is 10.0 Å². The van der Waals surface area contributed by atoms with Crippen molar-refractivity contribution in [3.63, 3.8) is 0 Å². The van der Waals surface area contributed by atoms with Crippen molar-refractivity contribution >= 4 is 21.4 Å². The van der Waals surface area contributed by atoms with Crippen LogP contribution in [0.4, 0.5) is 0 Å². The predicted octanol–water partition coefficient (Wildman–Crippen LogP) is 1.23. The largest absolute Gasteiger partial charge is 0.393 e. The second-order valence-electron chi connectivity index (χ2n) is 4.59. The number of sulfonamides is 1. The third-order valence-electron chi connectivity index (χ3n) is 3.38. The first-order valence-electron chi connectivity index (χ1n) is 6.05. The van der Waals surface area contributed by atoms with Crippen LogP contribution >= 0.6 is 11.3 Å². The standard InChI is InChI=1S/C11H18N2O3S2/c1-3-9-7-13(5-4-10(9)14)18(15,16)11-6-12-8(2)17-11/h6,9-10,14H,3-5,7H2,1-2H3. The van der Waals surface area contributed by atoms with Gasteiger partial charge in [0.1, 0.15) is 0 Å². The molecule has 18 heavy (non-hydrogen) atoms. The van der Waals surface area contributed by atoms with Crippen molar-refractivity contribution in [2.75, 3.05) is 13.1 Å². The summed E-state index contributed by atoms with van der Waals surface area (Å²) < 4.78 is 26.5. The van der Waals surface area contributed by atoms with E-state index >= 15 is 0 Å². The number of rotatable bonds is 3. The van der Waals surface area contributed by atoms with Crippen LogP contribution in [0.25, 0.3) is 0 Å². The fourth-order valence-corrected chi connectivity index (χ4v) is 4.97. The van der Waals surface area contributed by atoms with E-state index in [9.17, 15) is 13.5 Å². The van der Waals surface area contributed by atoms with Gasteiger partial charge in [0.15, 0.2) is 4.21 Å². The molecule has 2 atom stereocenters. The van der Waals surface area contributed by atoms with Crippen LogP contribution in [0.15, 0.2) is 10.4 Å². The van der Waals surface area contributed by atoms with Crippen LogP contribution in [-0.4, -0.2) is 42.0 Å². The number of aliphatic hydroxyl groups is 1. The van der Waals surface area contributed by atoms with Gasteiger partial charge in [0, 0.05) is 13.1 Å². The van der Waals surface area contributed by atoms with E-state index < -0.39 is 10.0 Å². The highest BCUT2D eigenvalue weighted by Gasteiger charge is 2.34. The Morgan fingerprint density at radius 2 is 2.33 bits per heavy atom. The fourth-order valence-electron chi connectivity index (χ4n) is 2.19. The first kappa shape index (κ1) is 13.9. The lowest BCUT2D eigenvalue weighted by Gasteiger charge is -2.34. The van der Waals surface area contributed by atoms with Crippen molar-refractivity contribution in [2.24, 2.45) is 5.92 Å². The first-order chi connectivity index (χ1) is 8.45. The number of aromatic nitrogens is 1. The number of hydrogen-bond donors (Lipinski definition) is 1. The molecule has 0 saturated carbocycles. The average molecular weight is 290 g/mol. The predicted molar refractivity (Wildman–Crippen MR) is 70.0 cm³/mol. The number of aryl methyl sites for hydroxylation is 1. The molecule has 1 aliphatic heterocycles. The fraction of sp³-hybridized carbons (Fsp3) is 0.727. The second-order valence-corrected chi connectivity index (χ2v) is 7.99. The van der Waals surface area contributed by atoms with E-state index in [-0.39, 0.29) is 12.0 Å². The maximum Gasteiger partial charge on any atom is 0.254 e. The van der Waals surface area contributed by atoms with Crippen LogP contribution in [0.3, 0.4) is 0 Å². The summed E-state index contributed by atoms with van der Waals surface area (Å²) in [6.07, 6.45) is 2.33. The Morgan fingerprint density at radius 3 is 2.89 bits per heavy atom. The third kappa shape index (κ3) is 2.59. The smallest absolute Gasteiger partial charge is 0.254 e. The molecule has 1 aromatic heterocycles. The lowest BCUT2D eigenvalue weighted by Crippen LogP contribution is -2.45. The monoisotopic (exact) mass is 290 g/mol. The van der Waals surface area contributed by atoms with Gasteiger partial charge in [-0.3, -0.25) is 0 Å². The Bertz CT molecular complexity index is 512. The maximum atomic E-state index is 12.4.